The highest BCUT2D eigenvalue weighted by atomic mass is 32.2. The fraction of sp³-hybridized carbons (Fsp3) is 0.647. The van der Waals surface area contributed by atoms with Crippen LogP contribution in [0.4, 0.5) is 0 Å². The highest BCUT2D eigenvalue weighted by molar-refractivity contribution is 7.99. The normalized spacial score (nSPS) is 22.4. The first-order valence-corrected chi connectivity index (χ1v) is 9.04. The van der Waals surface area contributed by atoms with Gasteiger partial charge in [0.25, 0.3) is 0 Å². The van der Waals surface area contributed by atoms with Gasteiger partial charge in [-0.05, 0) is 25.0 Å². The van der Waals surface area contributed by atoms with Gasteiger partial charge in [0.2, 0.25) is 0 Å². The minimum absolute atomic E-state index is 0.913. The minimum atomic E-state index is 0.913. The third-order valence-electron chi connectivity index (χ3n) is 4.67. The average molecular weight is 290 g/mol. The number of rotatable bonds is 5. The Morgan fingerprint density at radius 2 is 1.65 bits per heavy atom. The summed E-state index contributed by atoms with van der Waals surface area (Å²) in [6.45, 7) is 6.36. The van der Waals surface area contributed by atoms with Gasteiger partial charge >= 0.3 is 0 Å². The summed E-state index contributed by atoms with van der Waals surface area (Å²) in [5.74, 6) is 1.22. The second-order valence-electron chi connectivity index (χ2n) is 5.98. The lowest BCUT2D eigenvalue weighted by atomic mass is 10.2. The second kappa shape index (κ2) is 7.48. The van der Waals surface area contributed by atoms with E-state index in [2.05, 4.69) is 40.1 Å². The van der Waals surface area contributed by atoms with Gasteiger partial charge in [0.15, 0.2) is 0 Å². The van der Waals surface area contributed by atoms with Crippen molar-refractivity contribution in [1.29, 1.82) is 0 Å². The first kappa shape index (κ1) is 14.4. The topological polar surface area (TPSA) is 6.48 Å². The zero-order valence-corrected chi connectivity index (χ0v) is 13.2. The Balaban J connectivity index is 1.34. The summed E-state index contributed by atoms with van der Waals surface area (Å²) in [5.41, 5.74) is 0. The van der Waals surface area contributed by atoms with Crippen molar-refractivity contribution >= 4 is 11.8 Å². The van der Waals surface area contributed by atoms with Crippen molar-refractivity contribution in [3.8, 4) is 0 Å². The molecule has 0 aromatic heterocycles. The van der Waals surface area contributed by atoms with Gasteiger partial charge in [0, 0.05) is 49.4 Å². The molecule has 1 saturated heterocycles. The second-order valence-corrected chi connectivity index (χ2v) is 7.15. The van der Waals surface area contributed by atoms with Crippen molar-refractivity contribution in [2.45, 2.75) is 36.6 Å². The molecule has 110 valence electrons. The van der Waals surface area contributed by atoms with Gasteiger partial charge in [-0.1, -0.05) is 31.0 Å². The molecule has 0 bridgehead atoms. The Hall–Kier alpha value is -0.510. The molecule has 0 atom stereocenters. The molecule has 1 aromatic carbocycles. The van der Waals surface area contributed by atoms with Crippen molar-refractivity contribution < 1.29 is 0 Å². The maximum Gasteiger partial charge on any atom is 0.0113 e. The van der Waals surface area contributed by atoms with Crippen LogP contribution in [-0.2, 0) is 0 Å². The molecule has 3 heteroatoms. The van der Waals surface area contributed by atoms with Gasteiger partial charge in [0.1, 0.15) is 0 Å². The van der Waals surface area contributed by atoms with Crippen LogP contribution in [0.5, 0.6) is 0 Å². The van der Waals surface area contributed by atoms with Crippen LogP contribution in [-0.4, -0.2) is 54.3 Å². The average Bonchev–Trinajstić information content (AvgIpc) is 3.03. The zero-order chi connectivity index (χ0) is 13.6. The minimum Gasteiger partial charge on any atom is -0.300 e. The largest absolute Gasteiger partial charge is 0.300 e. The summed E-state index contributed by atoms with van der Waals surface area (Å²) in [6, 6.07) is 11.7. The molecule has 0 amide bonds. The predicted molar refractivity (Wildman–Crippen MR) is 87.4 cm³/mol. The number of nitrogens with zero attached hydrogens (tertiary/aromatic N) is 2. The number of thioether (sulfide) groups is 1. The van der Waals surface area contributed by atoms with E-state index in [4.69, 9.17) is 0 Å². The first-order chi connectivity index (χ1) is 9.92. The van der Waals surface area contributed by atoms with E-state index in [-0.39, 0.29) is 0 Å². The zero-order valence-electron chi connectivity index (χ0n) is 12.3. The lowest BCUT2D eigenvalue weighted by Gasteiger charge is -2.38. The summed E-state index contributed by atoms with van der Waals surface area (Å²) in [6.07, 6.45) is 5.81. The fourth-order valence-electron chi connectivity index (χ4n) is 3.43. The van der Waals surface area contributed by atoms with Gasteiger partial charge in [-0.25, -0.2) is 0 Å². The summed E-state index contributed by atoms with van der Waals surface area (Å²) in [7, 11) is 0. The lowest BCUT2D eigenvalue weighted by Crippen LogP contribution is -2.50. The third kappa shape index (κ3) is 4.00. The number of hydrogen-bond acceptors (Lipinski definition) is 3. The van der Waals surface area contributed by atoms with Crippen LogP contribution in [0.15, 0.2) is 35.2 Å². The Morgan fingerprint density at radius 1 is 0.950 bits per heavy atom. The molecular formula is C17H26N2S. The number of piperazine rings is 1. The van der Waals surface area contributed by atoms with Crippen molar-refractivity contribution in [3.63, 3.8) is 0 Å². The van der Waals surface area contributed by atoms with Crippen molar-refractivity contribution in [2.75, 3.05) is 38.5 Å². The maximum absolute atomic E-state index is 2.74. The molecule has 0 radical (unpaired) electrons. The lowest BCUT2D eigenvalue weighted by molar-refractivity contribution is 0.102. The molecule has 1 aromatic rings. The monoisotopic (exact) mass is 290 g/mol. The van der Waals surface area contributed by atoms with Gasteiger partial charge in [-0.3, -0.25) is 9.80 Å². The summed E-state index contributed by atoms with van der Waals surface area (Å²) in [5, 5.41) is 0. The molecule has 2 aliphatic rings. The molecule has 2 nitrogen and oxygen atoms in total. The van der Waals surface area contributed by atoms with E-state index in [1.165, 1.54) is 69.1 Å². The van der Waals surface area contributed by atoms with Crippen LogP contribution in [0.2, 0.25) is 0 Å². The Kier molecular flexibility index (Phi) is 5.40. The molecule has 1 saturated carbocycles. The van der Waals surface area contributed by atoms with E-state index in [0.717, 1.165) is 6.04 Å². The number of hydrogen-bond donors (Lipinski definition) is 0. The highest BCUT2D eigenvalue weighted by Gasteiger charge is 2.25. The van der Waals surface area contributed by atoms with E-state index in [0.29, 0.717) is 0 Å². The van der Waals surface area contributed by atoms with E-state index in [1.54, 1.807) is 0 Å². The Bertz CT molecular complexity index is 381. The summed E-state index contributed by atoms with van der Waals surface area (Å²) >= 11 is 1.98. The van der Waals surface area contributed by atoms with Crippen LogP contribution in [0.3, 0.4) is 0 Å². The SMILES string of the molecule is c1ccc(SCCN2CCN(C3CCCC3)CC2)cc1. The molecule has 2 fully saturated rings. The van der Waals surface area contributed by atoms with Gasteiger partial charge in [0.05, 0.1) is 0 Å². The number of benzene rings is 1. The van der Waals surface area contributed by atoms with Crippen molar-refractivity contribution in [1.82, 2.24) is 9.80 Å². The Morgan fingerprint density at radius 3 is 2.35 bits per heavy atom. The van der Waals surface area contributed by atoms with E-state index < -0.39 is 0 Å². The molecule has 1 aliphatic heterocycles. The first-order valence-electron chi connectivity index (χ1n) is 8.06. The van der Waals surface area contributed by atoms with Crippen molar-refractivity contribution in [3.05, 3.63) is 30.3 Å². The molecule has 3 rings (SSSR count). The van der Waals surface area contributed by atoms with Crippen LogP contribution < -0.4 is 0 Å². The van der Waals surface area contributed by atoms with Gasteiger partial charge < -0.3 is 0 Å². The van der Waals surface area contributed by atoms with Gasteiger partial charge in [-0.15, -0.1) is 11.8 Å². The van der Waals surface area contributed by atoms with Crippen LogP contribution in [0.1, 0.15) is 25.7 Å². The summed E-state index contributed by atoms with van der Waals surface area (Å²) in [4.78, 5) is 6.78. The molecule has 1 aliphatic carbocycles. The quantitative estimate of drug-likeness (QED) is 0.768. The van der Waals surface area contributed by atoms with Crippen LogP contribution in [0.25, 0.3) is 0 Å². The molecule has 1 heterocycles. The standard InChI is InChI=1S/C17H26N2S/c1-2-8-17(9-3-1)20-15-14-18-10-12-19(13-11-18)16-6-4-5-7-16/h1-3,8-9,16H,4-7,10-15H2. The van der Waals surface area contributed by atoms with E-state index in [1.807, 2.05) is 11.8 Å². The van der Waals surface area contributed by atoms with Gasteiger partial charge in [-0.2, -0.15) is 0 Å². The van der Waals surface area contributed by atoms with Crippen LogP contribution in [0, 0.1) is 0 Å². The smallest absolute Gasteiger partial charge is 0.0113 e. The molecule has 20 heavy (non-hydrogen) atoms. The molecule has 0 spiro atoms. The highest BCUT2D eigenvalue weighted by Crippen LogP contribution is 2.24. The summed E-state index contributed by atoms with van der Waals surface area (Å²) < 4.78 is 0. The Labute approximate surface area is 127 Å². The molecule has 0 N–H and O–H groups in total. The van der Waals surface area contributed by atoms with Crippen molar-refractivity contribution in [2.24, 2.45) is 0 Å². The fourth-order valence-corrected chi connectivity index (χ4v) is 4.37. The maximum atomic E-state index is 2.74. The van der Waals surface area contributed by atoms with E-state index in [9.17, 15) is 0 Å². The third-order valence-corrected chi connectivity index (χ3v) is 5.66. The van der Waals surface area contributed by atoms with Crippen LogP contribution >= 0.6 is 11.8 Å². The molecule has 0 unspecified atom stereocenters. The molecular weight excluding hydrogens is 264 g/mol. The van der Waals surface area contributed by atoms with E-state index >= 15 is 0 Å². The predicted octanol–water partition coefficient (Wildman–Crippen LogP) is 3.34.